The van der Waals surface area contributed by atoms with E-state index in [-0.39, 0.29) is 18.9 Å². The van der Waals surface area contributed by atoms with E-state index in [2.05, 4.69) is 92.1 Å². The number of hydrogen-bond donors (Lipinski definition) is 12. The molecule has 0 aliphatic carbocycles. The molecule has 104 heavy (non-hydrogen) atoms. The Bertz CT molecular complexity index is 2210. The van der Waals surface area contributed by atoms with Crippen LogP contribution in [0.5, 0.6) is 0 Å². The molecular weight excluding hydrogens is 1320 g/mol. The highest BCUT2D eigenvalue weighted by atomic mass is 16.8. The molecule has 19 heteroatoms. The SMILES string of the molecule is CC/C=C\C/C=C\C/C=C\C/C=C\C/C=C\CCCCCCCCCCCCCC(=O)NC(COC1OC(CO)C(OC2OC(CO)C(OC3OC(CO)C(O)C(O)C3O)C(O)C2O)C(O)C1O)C(O)/C=C/CC/C=C/CCCCCCCCCCCCCCCCCCCCCCCCCCCC. The van der Waals surface area contributed by atoms with Crippen molar-refractivity contribution in [1.29, 1.82) is 0 Å². The lowest BCUT2D eigenvalue weighted by Crippen LogP contribution is -2.66. The Morgan fingerprint density at radius 2 is 0.673 bits per heavy atom. The van der Waals surface area contributed by atoms with Crippen LogP contribution in [0.25, 0.3) is 0 Å². The molecule has 3 saturated heterocycles. The minimum absolute atomic E-state index is 0.228. The first kappa shape index (κ1) is 95.2. The molecule has 19 nitrogen and oxygen atoms in total. The number of rotatable bonds is 66. The van der Waals surface area contributed by atoms with Crippen molar-refractivity contribution in [2.75, 3.05) is 26.4 Å². The second kappa shape index (κ2) is 64.8. The molecule has 604 valence electrons. The molecule has 0 bridgehead atoms. The molecule has 1 amide bonds. The molecule has 3 aliphatic heterocycles. The fraction of sp³-hybridized carbons (Fsp3) is 0.824. The predicted molar refractivity (Wildman–Crippen MR) is 415 cm³/mol. The van der Waals surface area contributed by atoms with Gasteiger partial charge in [0.25, 0.3) is 0 Å². The van der Waals surface area contributed by atoms with Gasteiger partial charge in [0.1, 0.15) is 73.2 Å². The van der Waals surface area contributed by atoms with Gasteiger partial charge in [-0.25, -0.2) is 0 Å². The quantitative estimate of drug-likeness (QED) is 0.0199. The number of nitrogens with one attached hydrogen (secondary N) is 1. The zero-order chi connectivity index (χ0) is 75.3. The van der Waals surface area contributed by atoms with Crippen LogP contribution >= 0.6 is 0 Å². The van der Waals surface area contributed by atoms with Crippen LogP contribution in [0.2, 0.25) is 0 Å². The smallest absolute Gasteiger partial charge is 0.220 e. The number of unbranched alkanes of at least 4 members (excludes halogenated alkanes) is 38. The Labute approximate surface area is 629 Å². The fourth-order valence-corrected chi connectivity index (χ4v) is 13.8. The van der Waals surface area contributed by atoms with E-state index in [1.54, 1.807) is 6.08 Å². The number of carbonyl (C=O) groups excluding carboxylic acids is 1. The maximum atomic E-state index is 13.5. The normalized spacial score (nSPS) is 26.3. The van der Waals surface area contributed by atoms with Gasteiger partial charge >= 0.3 is 0 Å². The summed E-state index contributed by atoms with van der Waals surface area (Å²) >= 11 is 0. The van der Waals surface area contributed by atoms with Crippen molar-refractivity contribution >= 4 is 5.91 Å². The van der Waals surface area contributed by atoms with Crippen molar-refractivity contribution in [3.8, 4) is 0 Å². The highest BCUT2D eigenvalue weighted by molar-refractivity contribution is 5.76. The molecule has 12 N–H and O–H groups in total. The highest BCUT2D eigenvalue weighted by Gasteiger charge is 2.54. The van der Waals surface area contributed by atoms with E-state index in [1.165, 1.54) is 199 Å². The summed E-state index contributed by atoms with van der Waals surface area (Å²) in [5, 5.41) is 121. The average molecular weight is 1480 g/mol. The third-order valence-electron chi connectivity index (χ3n) is 20.4. The average Bonchev–Trinajstić information content (AvgIpc) is 0.783. The standard InChI is InChI=1S/C85H151NO18/c1-3-5-7-9-11-13-15-17-19-21-23-25-27-29-31-32-33-34-35-37-38-40-42-44-46-48-50-52-54-56-58-60-62-69(90)68(86-73(91)63-61-59-57-55-53-51-49-47-45-43-41-39-36-30-28-26-24-22-20-18-16-14-12-10-8-6-4-2)67-99-83-79(97)76(94)81(71(65-88)101-83)104-85-80(98)77(95)82(72(66-89)102-85)103-84-78(96)75(93)74(92)70(64-87)100-84/h6,8,12,14,18,20,24,26,30,36,52,54,60,62,68-72,74-85,87-90,92-98H,3-5,7,9-11,13,15-17,19,21-23,25,27-29,31-35,37-51,53,55-59,61,63-67H2,1-2H3,(H,86,91)/b8-6-,14-12-,20-18-,26-24-,36-30-,54-52+,62-60+. The van der Waals surface area contributed by atoms with Crippen LogP contribution in [0.4, 0.5) is 0 Å². The van der Waals surface area contributed by atoms with Crippen LogP contribution in [-0.2, 0) is 33.2 Å². The number of ether oxygens (including phenoxy) is 6. The van der Waals surface area contributed by atoms with E-state index in [0.717, 1.165) is 83.5 Å². The number of hydrogen-bond acceptors (Lipinski definition) is 18. The Kier molecular flexibility index (Phi) is 59.3. The lowest BCUT2D eigenvalue weighted by Gasteiger charge is -2.48. The largest absolute Gasteiger partial charge is 0.394 e. The third kappa shape index (κ3) is 44.0. The molecule has 0 aromatic rings. The summed E-state index contributed by atoms with van der Waals surface area (Å²) in [6.07, 6.45) is 60.1. The van der Waals surface area contributed by atoms with Crippen LogP contribution in [-0.4, -0.2) is 193 Å². The van der Waals surface area contributed by atoms with Gasteiger partial charge in [-0.3, -0.25) is 4.79 Å². The maximum Gasteiger partial charge on any atom is 0.220 e. The molecule has 3 rings (SSSR count). The summed E-state index contributed by atoms with van der Waals surface area (Å²) in [6, 6.07) is -0.999. The molecule has 0 aromatic carbocycles. The second-order valence-corrected chi connectivity index (χ2v) is 29.6. The fourth-order valence-electron chi connectivity index (χ4n) is 13.8. The van der Waals surface area contributed by atoms with Gasteiger partial charge in [-0.05, 0) is 77.0 Å². The van der Waals surface area contributed by atoms with E-state index in [1.807, 2.05) is 6.08 Å². The number of aliphatic hydroxyl groups is 11. The Hall–Kier alpha value is -3.03. The van der Waals surface area contributed by atoms with Crippen molar-refractivity contribution in [2.45, 2.75) is 420 Å². The van der Waals surface area contributed by atoms with Crippen molar-refractivity contribution in [1.82, 2.24) is 5.32 Å². The topological polar surface area (TPSA) is 307 Å². The molecule has 3 aliphatic rings. The summed E-state index contributed by atoms with van der Waals surface area (Å²) in [4.78, 5) is 13.5. The molecular formula is C85H151NO18. The molecule has 0 saturated carbocycles. The molecule has 3 heterocycles. The molecule has 0 aromatic heterocycles. The van der Waals surface area contributed by atoms with Gasteiger partial charge in [0, 0.05) is 6.42 Å². The van der Waals surface area contributed by atoms with E-state index in [4.69, 9.17) is 28.4 Å². The van der Waals surface area contributed by atoms with E-state index in [9.17, 15) is 61.0 Å². The van der Waals surface area contributed by atoms with Crippen molar-refractivity contribution in [3.63, 3.8) is 0 Å². The van der Waals surface area contributed by atoms with Crippen LogP contribution in [0.3, 0.4) is 0 Å². The molecule has 0 radical (unpaired) electrons. The van der Waals surface area contributed by atoms with Crippen molar-refractivity contribution in [2.24, 2.45) is 0 Å². The first-order valence-electron chi connectivity index (χ1n) is 41.8. The van der Waals surface area contributed by atoms with Gasteiger partial charge in [0.05, 0.1) is 38.6 Å². The van der Waals surface area contributed by atoms with Gasteiger partial charge in [0.15, 0.2) is 18.9 Å². The zero-order valence-corrected chi connectivity index (χ0v) is 64.7. The van der Waals surface area contributed by atoms with Crippen molar-refractivity contribution in [3.05, 3.63) is 85.1 Å². The van der Waals surface area contributed by atoms with Gasteiger partial charge < -0.3 is 89.9 Å². The summed E-state index contributed by atoms with van der Waals surface area (Å²) in [5.74, 6) is -0.288. The number of allylic oxidation sites excluding steroid dienone is 13. The van der Waals surface area contributed by atoms with E-state index in [0.29, 0.717) is 12.8 Å². The van der Waals surface area contributed by atoms with E-state index >= 15 is 0 Å². The van der Waals surface area contributed by atoms with Gasteiger partial charge in [0.2, 0.25) is 5.91 Å². The third-order valence-corrected chi connectivity index (χ3v) is 20.4. The molecule has 17 unspecified atom stereocenters. The first-order valence-corrected chi connectivity index (χ1v) is 41.8. The minimum Gasteiger partial charge on any atom is -0.394 e. The number of carbonyl (C=O) groups is 1. The van der Waals surface area contributed by atoms with Crippen LogP contribution < -0.4 is 5.32 Å². The predicted octanol–water partition coefficient (Wildman–Crippen LogP) is 14.6. The van der Waals surface area contributed by atoms with Crippen LogP contribution in [0, 0.1) is 0 Å². The second-order valence-electron chi connectivity index (χ2n) is 29.6. The highest BCUT2D eigenvalue weighted by Crippen LogP contribution is 2.33. The summed E-state index contributed by atoms with van der Waals surface area (Å²) in [7, 11) is 0. The van der Waals surface area contributed by atoms with Crippen LogP contribution in [0.1, 0.15) is 316 Å². The monoisotopic (exact) mass is 1470 g/mol. The summed E-state index contributed by atoms with van der Waals surface area (Å²) in [6.45, 7) is 1.64. The minimum atomic E-state index is -1.99. The summed E-state index contributed by atoms with van der Waals surface area (Å²) < 4.78 is 34.5. The Balaban J connectivity index is 1.37. The van der Waals surface area contributed by atoms with Gasteiger partial charge in [-0.2, -0.15) is 0 Å². The maximum absolute atomic E-state index is 13.5. The zero-order valence-electron chi connectivity index (χ0n) is 64.7. The Morgan fingerprint density at radius 1 is 0.356 bits per heavy atom. The molecule has 0 spiro atoms. The molecule has 3 fully saturated rings. The lowest BCUT2D eigenvalue weighted by atomic mass is 9.96. The number of amides is 1. The molecule has 17 atom stereocenters. The van der Waals surface area contributed by atoms with Gasteiger partial charge in [-0.1, -0.05) is 317 Å². The summed E-state index contributed by atoms with van der Waals surface area (Å²) in [5.41, 5.74) is 0. The lowest BCUT2D eigenvalue weighted by molar-refractivity contribution is -0.379. The van der Waals surface area contributed by atoms with E-state index < -0.39 is 124 Å². The van der Waals surface area contributed by atoms with Gasteiger partial charge in [-0.15, -0.1) is 0 Å². The van der Waals surface area contributed by atoms with Crippen molar-refractivity contribution < 1.29 is 89.4 Å². The number of aliphatic hydroxyl groups excluding tert-OH is 11. The Morgan fingerprint density at radius 3 is 1.08 bits per heavy atom. The first-order chi connectivity index (χ1) is 50.8. The van der Waals surface area contributed by atoms with Crippen LogP contribution in [0.15, 0.2) is 85.1 Å².